The third kappa shape index (κ3) is 9.04. The first-order valence-corrected chi connectivity index (χ1v) is 1.19. The van der Waals surface area contributed by atoms with Gasteiger partial charge in [0.2, 0.25) is 7.18 Å². The van der Waals surface area contributed by atoms with E-state index in [1.54, 1.807) is 0 Å². The molecule has 0 aliphatic heterocycles. The van der Waals surface area contributed by atoms with Crippen molar-refractivity contribution in [3.05, 3.63) is 19.3 Å². The highest BCUT2D eigenvalue weighted by atomic mass is 19.3. The van der Waals surface area contributed by atoms with Crippen LogP contribution in [0.5, 0.6) is 0 Å². The summed E-state index contributed by atoms with van der Waals surface area (Å²) in [6, 6.07) is 0. The van der Waals surface area contributed by atoms with Crippen molar-refractivity contribution in [1.29, 1.82) is 0 Å². The summed E-state index contributed by atoms with van der Waals surface area (Å²) in [6.07, 6.45) is -5.81. The maximum Gasteiger partial charge on any atom is 0.334 e. The molecule has 0 aromatic heterocycles. The van der Waals surface area contributed by atoms with Crippen molar-refractivity contribution in [2.24, 2.45) is 0 Å². The Morgan fingerprint density at radius 1 is 0.750 bits per heavy atom. The molecule has 0 heterocycles. The van der Waals surface area contributed by atoms with E-state index < -0.39 is 12.2 Å². The van der Waals surface area contributed by atoms with Gasteiger partial charge in [-0.05, 0) is 0 Å². The van der Waals surface area contributed by atoms with Crippen LogP contribution in [0.2, 0.25) is 0 Å². The highest BCUT2D eigenvalue weighted by Crippen LogP contribution is 2.08. The number of hydrogen-bond donors (Lipinski definition) is 0. The average Bonchev–Trinajstić information content (AvgIpc) is 1.72. The molecule has 0 amide bonds. The smallest absolute Gasteiger partial charge is 0.232 e. The summed E-state index contributed by atoms with van der Waals surface area (Å²) in [4.78, 5) is 0. The summed E-state index contributed by atoms with van der Waals surface area (Å²) < 4.78 is 49.9. The first-order valence-electron chi connectivity index (χ1n) is 1.19. The third-order valence-corrected chi connectivity index (χ3v) is 0.143. The van der Waals surface area contributed by atoms with Crippen LogP contribution in [0.25, 0.3) is 0 Å². The molecule has 5 heteroatoms. The molecule has 0 spiro atoms. The quantitative estimate of drug-likeness (QED) is 0.443. The Morgan fingerprint density at radius 3 is 0.875 bits per heavy atom. The standard InChI is InChI=1S/C2F4.CF/c3-1(4)2(5)6;1-2. The second-order valence-electron chi connectivity index (χ2n) is 0.521. The summed E-state index contributed by atoms with van der Waals surface area (Å²) >= 11 is 0. The number of halogens is 5. The van der Waals surface area contributed by atoms with E-state index in [9.17, 15) is 17.6 Å². The second kappa shape index (κ2) is 6.39. The van der Waals surface area contributed by atoms with E-state index in [4.69, 9.17) is 4.39 Å². The Bertz CT molecular complexity index is 57.7. The molecular weight excluding hydrogens is 131 g/mol. The molecule has 0 aromatic rings. The Balaban J connectivity index is 0. The first-order chi connectivity index (χ1) is 3.64. The van der Waals surface area contributed by atoms with Crippen LogP contribution in [0.3, 0.4) is 0 Å². The molecule has 0 atom stereocenters. The van der Waals surface area contributed by atoms with E-state index in [1.165, 1.54) is 0 Å². The van der Waals surface area contributed by atoms with Gasteiger partial charge < -0.3 is 0 Å². The van der Waals surface area contributed by atoms with Gasteiger partial charge in [0.05, 0.1) is 0 Å². The van der Waals surface area contributed by atoms with E-state index >= 15 is 0 Å². The Morgan fingerprint density at radius 2 is 0.875 bits per heavy atom. The van der Waals surface area contributed by atoms with Crippen molar-refractivity contribution in [2.75, 3.05) is 0 Å². The molecule has 8 heavy (non-hydrogen) atoms. The predicted octanol–water partition coefficient (Wildman–Crippen LogP) is 2.49. The van der Waals surface area contributed by atoms with Crippen LogP contribution >= 0.6 is 0 Å². The minimum atomic E-state index is -2.91. The van der Waals surface area contributed by atoms with Crippen LogP contribution < -0.4 is 0 Å². The fourth-order valence-corrected chi connectivity index (χ4v) is 0. The molecule has 0 aliphatic carbocycles. The van der Waals surface area contributed by atoms with Crippen LogP contribution in [-0.2, 0) is 0 Å². The molecule has 3 radical (unpaired) electrons. The van der Waals surface area contributed by atoms with Crippen molar-refractivity contribution < 1.29 is 22.0 Å². The fourth-order valence-electron chi connectivity index (χ4n) is 0. The third-order valence-electron chi connectivity index (χ3n) is 0.143. The van der Waals surface area contributed by atoms with Gasteiger partial charge in [0.1, 0.15) is 0 Å². The van der Waals surface area contributed by atoms with Crippen molar-refractivity contribution in [3.8, 4) is 0 Å². The molecule has 0 N–H and O–H groups in total. The highest BCUT2D eigenvalue weighted by Gasteiger charge is 1.98. The van der Waals surface area contributed by atoms with Crippen LogP contribution in [0, 0.1) is 7.18 Å². The zero-order valence-corrected chi connectivity index (χ0v) is 3.39. The van der Waals surface area contributed by atoms with Crippen molar-refractivity contribution in [3.63, 3.8) is 0 Å². The summed E-state index contributed by atoms with van der Waals surface area (Å²) in [6.45, 7) is 0. The van der Waals surface area contributed by atoms with Gasteiger partial charge in [-0.2, -0.15) is 17.6 Å². The van der Waals surface area contributed by atoms with Gasteiger partial charge >= 0.3 is 12.2 Å². The summed E-state index contributed by atoms with van der Waals surface area (Å²) in [5, 5.41) is 0. The molecule has 0 fully saturated rings. The van der Waals surface area contributed by atoms with Crippen LogP contribution in [0.15, 0.2) is 12.2 Å². The van der Waals surface area contributed by atoms with Gasteiger partial charge in [-0.15, -0.1) is 0 Å². The fraction of sp³-hybridized carbons (Fsp3) is 0. The zero-order chi connectivity index (χ0) is 7.15. The van der Waals surface area contributed by atoms with Gasteiger partial charge in [0, 0.05) is 0 Å². The molecule has 0 aromatic carbocycles. The lowest BCUT2D eigenvalue weighted by Gasteiger charge is -1.69. The number of hydrogen-bond acceptors (Lipinski definition) is 0. The summed E-state index contributed by atoms with van der Waals surface area (Å²) in [7, 11) is 4.25. The molecule has 0 unspecified atom stereocenters. The maximum atomic E-state index is 10.3. The molecule has 0 saturated heterocycles. The lowest BCUT2D eigenvalue weighted by molar-refractivity contribution is 0.308. The highest BCUT2D eigenvalue weighted by molar-refractivity contribution is 4.77. The van der Waals surface area contributed by atoms with Gasteiger partial charge in [-0.3, -0.25) is 0 Å². The molecule has 0 bridgehead atoms. The maximum absolute atomic E-state index is 10.3. The Hall–Kier alpha value is -0.610. The minimum Gasteiger partial charge on any atom is -0.232 e. The van der Waals surface area contributed by atoms with E-state index in [2.05, 4.69) is 7.18 Å². The molecule has 0 aliphatic rings. The summed E-state index contributed by atoms with van der Waals surface area (Å²) in [5.74, 6) is 0. The van der Waals surface area contributed by atoms with Gasteiger partial charge in [-0.25, -0.2) is 4.39 Å². The first kappa shape index (κ1) is 10.4. The molecule has 0 rings (SSSR count). The van der Waals surface area contributed by atoms with E-state index in [0.29, 0.717) is 0 Å². The largest absolute Gasteiger partial charge is 0.334 e. The van der Waals surface area contributed by atoms with Crippen molar-refractivity contribution in [2.45, 2.75) is 0 Å². The molecule has 0 saturated carbocycles. The van der Waals surface area contributed by atoms with E-state index in [1.807, 2.05) is 0 Å². The number of rotatable bonds is 0. The van der Waals surface area contributed by atoms with E-state index in [0.717, 1.165) is 0 Å². The van der Waals surface area contributed by atoms with E-state index in [-0.39, 0.29) is 0 Å². The molecule has 0 nitrogen and oxygen atoms in total. The lowest BCUT2D eigenvalue weighted by Crippen LogP contribution is -1.56. The van der Waals surface area contributed by atoms with Gasteiger partial charge in [0.15, 0.2) is 0 Å². The summed E-state index contributed by atoms with van der Waals surface area (Å²) in [5.41, 5.74) is 0. The van der Waals surface area contributed by atoms with Crippen LogP contribution in [0.4, 0.5) is 22.0 Å². The average molecular weight is 131 g/mol. The SMILES string of the molecule is FC(F)=C(F)F.[C]F. The topological polar surface area (TPSA) is 0 Å². The minimum absolute atomic E-state index is 2.91. The molecular formula is C3F5. The predicted molar refractivity (Wildman–Crippen MR) is 15.8 cm³/mol. The van der Waals surface area contributed by atoms with Crippen molar-refractivity contribution in [1.82, 2.24) is 0 Å². The van der Waals surface area contributed by atoms with Gasteiger partial charge in [-0.1, -0.05) is 0 Å². The monoisotopic (exact) mass is 131 g/mol. The van der Waals surface area contributed by atoms with Crippen LogP contribution in [0.1, 0.15) is 0 Å². The van der Waals surface area contributed by atoms with Crippen LogP contribution in [-0.4, -0.2) is 0 Å². The lowest BCUT2D eigenvalue weighted by atomic mass is 11.1. The van der Waals surface area contributed by atoms with Crippen molar-refractivity contribution >= 4 is 0 Å². The zero-order valence-electron chi connectivity index (χ0n) is 3.39. The Labute approximate surface area is 42.6 Å². The second-order valence-corrected chi connectivity index (χ2v) is 0.521. The normalized spacial score (nSPS) is 6.75. The van der Waals surface area contributed by atoms with Gasteiger partial charge in [0.25, 0.3) is 0 Å². The Kier molecular flexibility index (Phi) is 8.30. The molecule has 47 valence electrons.